The largest absolute Gasteiger partial charge is 0.384 e. The quantitative estimate of drug-likeness (QED) is 0.576. The maximum atomic E-state index is 13.2. The number of nitrogens with one attached hydrogen (secondary N) is 1. The number of benzene rings is 1. The van der Waals surface area contributed by atoms with Crippen molar-refractivity contribution in [3.63, 3.8) is 0 Å². The van der Waals surface area contributed by atoms with Crippen molar-refractivity contribution in [3.05, 3.63) is 54.5 Å². The molecule has 0 spiro atoms. The highest BCUT2D eigenvalue weighted by atomic mass is 32.2. The Kier molecular flexibility index (Phi) is 5.88. The molecule has 176 valence electrons. The van der Waals surface area contributed by atoms with E-state index in [9.17, 15) is 13.5 Å². The third-order valence-corrected chi connectivity index (χ3v) is 9.39. The highest BCUT2D eigenvalue weighted by molar-refractivity contribution is 7.89. The monoisotopic (exact) mass is 469 g/mol. The summed E-state index contributed by atoms with van der Waals surface area (Å²) in [5.74, 6) is 1.21. The molecule has 9 heteroatoms. The van der Waals surface area contributed by atoms with Gasteiger partial charge in [-0.05, 0) is 49.7 Å². The molecule has 1 unspecified atom stereocenters. The van der Waals surface area contributed by atoms with Gasteiger partial charge in [-0.2, -0.15) is 4.31 Å². The molecule has 1 saturated carbocycles. The second-order valence-electron chi connectivity index (χ2n) is 9.48. The Morgan fingerprint density at radius 1 is 1.15 bits per heavy atom. The van der Waals surface area contributed by atoms with Crippen LogP contribution in [0.2, 0.25) is 0 Å². The summed E-state index contributed by atoms with van der Waals surface area (Å²) in [6, 6.07) is 11.7. The standard InChI is InChI=1S/C24H31N5O3S/c1-28(23-21-11-13-25-22(21)26-17-27-23)20-9-7-18(8-10-20)15-33(31,32)29-14-12-24(30,16-29)19-5-3-2-4-6-19/h2-6,11,13,17-18,20,30H,7-10,12,14-16H2,1H3,(H,25,26,27). The van der Waals surface area contributed by atoms with Crippen molar-refractivity contribution in [2.45, 2.75) is 43.7 Å². The van der Waals surface area contributed by atoms with E-state index in [4.69, 9.17) is 0 Å². The van der Waals surface area contributed by atoms with E-state index in [2.05, 4.69) is 26.9 Å². The highest BCUT2D eigenvalue weighted by Crippen LogP contribution is 2.36. The minimum atomic E-state index is -3.41. The average molecular weight is 470 g/mol. The summed E-state index contributed by atoms with van der Waals surface area (Å²) in [4.78, 5) is 14.1. The molecule has 0 amide bonds. The molecule has 1 saturated heterocycles. The number of aromatic amines is 1. The lowest BCUT2D eigenvalue weighted by molar-refractivity contribution is 0.0530. The Hall–Kier alpha value is -2.49. The first-order chi connectivity index (χ1) is 15.9. The van der Waals surface area contributed by atoms with Crippen LogP contribution in [0.25, 0.3) is 11.0 Å². The first kappa shape index (κ1) is 22.3. The van der Waals surface area contributed by atoms with Gasteiger partial charge in [-0.1, -0.05) is 30.3 Å². The van der Waals surface area contributed by atoms with Gasteiger partial charge >= 0.3 is 0 Å². The van der Waals surface area contributed by atoms with Gasteiger partial charge in [0, 0.05) is 32.4 Å². The fourth-order valence-electron chi connectivity index (χ4n) is 5.40. The van der Waals surface area contributed by atoms with E-state index >= 15 is 0 Å². The molecule has 2 aliphatic rings. The molecular formula is C24H31N5O3S. The molecular weight excluding hydrogens is 438 g/mol. The zero-order chi connectivity index (χ0) is 23.1. The minimum absolute atomic E-state index is 0.137. The van der Waals surface area contributed by atoms with Crippen LogP contribution in [-0.4, -0.2) is 64.7 Å². The van der Waals surface area contributed by atoms with E-state index < -0.39 is 15.6 Å². The number of rotatable bonds is 6. The molecule has 1 atom stereocenters. The number of aliphatic hydroxyl groups is 1. The van der Waals surface area contributed by atoms with E-state index in [1.807, 2.05) is 42.6 Å². The van der Waals surface area contributed by atoms with Gasteiger partial charge in [-0.3, -0.25) is 0 Å². The normalized spacial score (nSPS) is 26.6. The average Bonchev–Trinajstić information content (AvgIpc) is 3.47. The van der Waals surface area contributed by atoms with Gasteiger partial charge in [0.15, 0.2) is 0 Å². The number of hydrogen-bond donors (Lipinski definition) is 2. The van der Waals surface area contributed by atoms with Crippen molar-refractivity contribution < 1.29 is 13.5 Å². The topological polar surface area (TPSA) is 102 Å². The van der Waals surface area contributed by atoms with Gasteiger partial charge in [-0.25, -0.2) is 18.4 Å². The summed E-state index contributed by atoms with van der Waals surface area (Å²) >= 11 is 0. The Bertz CT molecular complexity index is 1210. The van der Waals surface area contributed by atoms with E-state index in [1.165, 1.54) is 4.31 Å². The SMILES string of the molecule is CN(c1ncnc2[nH]ccc12)C1CCC(CS(=O)(=O)N2CCC(O)(c3ccccc3)C2)CC1. The van der Waals surface area contributed by atoms with E-state index in [-0.39, 0.29) is 18.2 Å². The van der Waals surface area contributed by atoms with E-state index in [0.29, 0.717) is 19.0 Å². The second kappa shape index (κ2) is 8.70. The Labute approximate surface area is 194 Å². The van der Waals surface area contributed by atoms with Crippen molar-refractivity contribution in [1.29, 1.82) is 0 Å². The molecule has 5 rings (SSSR count). The fourth-order valence-corrected chi connectivity index (χ4v) is 7.32. The maximum absolute atomic E-state index is 13.2. The van der Waals surface area contributed by atoms with Crippen LogP contribution in [0.4, 0.5) is 5.82 Å². The van der Waals surface area contributed by atoms with E-state index in [1.54, 1.807) is 6.33 Å². The van der Waals surface area contributed by atoms with Crippen molar-refractivity contribution in [3.8, 4) is 0 Å². The van der Waals surface area contributed by atoms with Crippen LogP contribution in [-0.2, 0) is 15.6 Å². The second-order valence-corrected chi connectivity index (χ2v) is 11.5. The zero-order valence-corrected chi connectivity index (χ0v) is 19.7. The van der Waals surface area contributed by atoms with Gasteiger partial charge in [0.25, 0.3) is 0 Å². The first-order valence-corrected chi connectivity index (χ1v) is 13.2. The fraction of sp³-hybridized carbons (Fsp3) is 0.500. The predicted octanol–water partition coefficient (Wildman–Crippen LogP) is 2.88. The number of fused-ring (bicyclic) bond motifs is 1. The number of β-amino-alcohol motifs (C(OH)–C–C–N with tert-alkyl or cyclic N) is 1. The molecule has 2 N–H and O–H groups in total. The van der Waals surface area contributed by atoms with Crippen molar-refractivity contribution in [1.82, 2.24) is 19.3 Å². The summed E-state index contributed by atoms with van der Waals surface area (Å²) < 4.78 is 27.8. The number of hydrogen-bond acceptors (Lipinski definition) is 6. The molecule has 3 aromatic rings. The Morgan fingerprint density at radius 2 is 1.91 bits per heavy atom. The third kappa shape index (κ3) is 4.37. The third-order valence-electron chi connectivity index (χ3n) is 7.39. The van der Waals surface area contributed by atoms with Crippen LogP contribution < -0.4 is 4.90 Å². The lowest BCUT2D eigenvalue weighted by atomic mass is 9.86. The molecule has 0 radical (unpaired) electrons. The summed E-state index contributed by atoms with van der Waals surface area (Å²) in [6.45, 7) is 0.504. The van der Waals surface area contributed by atoms with Crippen LogP contribution >= 0.6 is 0 Å². The van der Waals surface area contributed by atoms with Gasteiger partial charge in [0.05, 0.1) is 11.1 Å². The molecule has 1 aromatic carbocycles. The summed E-state index contributed by atoms with van der Waals surface area (Å²) in [5.41, 5.74) is 0.510. The lowest BCUT2D eigenvalue weighted by Crippen LogP contribution is -2.40. The lowest BCUT2D eigenvalue weighted by Gasteiger charge is -2.35. The molecule has 2 aromatic heterocycles. The number of aromatic nitrogens is 3. The number of nitrogens with zero attached hydrogens (tertiary/aromatic N) is 4. The Balaban J connectivity index is 1.19. The highest BCUT2D eigenvalue weighted by Gasteiger charge is 2.43. The van der Waals surface area contributed by atoms with Gasteiger partial charge in [0.2, 0.25) is 10.0 Å². The van der Waals surface area contributed by atoms with Crippen molar-refractivity contribution >= 4 is 26.9 Å². The molecule has 8 nitrogen and oxygen atoms in total. The van der Waals surface area contributed by atoms with Crippen LogP contribution in [0.5, 0.6) is 0 Å². The molecule has 1 aliphatic carbocycles. The predicted molar refractivity (Wildman–Crippen MR) is 128 cm³/mol. The van der Waals surface area contributed by atoms with Crippen LogP contribution in [0.15, 0.2) is 48.9 Å². The van der Waals surface area contributed by atoms with Gasteiger partial charge < -0.3 is 15.0 Å². The molecule has 33 heavy (non-hydrogen) atoms. The zero-order valence-electron chi connectivity index (χ0n) is 18.9. The minimum Gasteiger partial charge on any atom is -0.384 e. The summed E-state index contributed by atoms with van der Waals surface area (Å²) in [7, 11) is -1.35. The first-order valence-electron chi connectivity index (χ1n) is 11.6. The number of H-pyrrole nitrogens is 1. The van der Waals surface area contributed by atoms with Crippen LogP contribution in [0.3, 0.4) is 0 Å². The van der Waals surface area contributed by atoms with Gasteiger partial charge in [0.1, 0.15) is 23.4 Å². The van der Waals surface area contributed by atoms with Crippen molar-refractivity contribution in [2.75, 3.05) is 30.8 Å². The smallest absolute Gasteiger partial charge is 0.214 e. The molecule has 1 aliphatic heterocycles. The number of anilines is 1. The summed E-state index contributed by atoms with van der Waals surface area (Å²) in [5, 5.41) is 12.0. The van der Waals surface area contributed by atoms with E-state index in [0.717, 1.165) is 48.1 Å². The molecule has 2 fully saturated rings. The van der Waals surface area contributed by atoms with Gasteiger partial charge in [-0.15, -0.1) is 0 Å². The maximum Gasteiger partial charge on any atom is 0.214 e. The molecule has 0 bridgehead atoms. The number of sulfonamides is 1. The van der Waals surface area contributed by atoms with Crippen LogP contribution in [0, 0.1) is 5.92 Å². The Morgan fingerprint density at radius 3 is 2.67 bits per heavy atom. The molecule has 3 heterocycles. The van der Waals surface area contributed by atoms with Crippen LogP contribution in [0.1, 0.15) is 37.7 Å². The summed E-state index contributed by atoms with van der Waals surface area (Å²) in [6.07, 6.45) is 7.48. The van der Waals surface area contributed by atoms with Crippen molar-refractivity contribution in [2.24, 2.45) is 5.92 Å².